The first-order chi connectivity index (χ1) is 5.96. The normalized spacial score (nSPS) is 14.5. The van der Waals surface area contributed by atoms with Crippen LogP contribution in [0.5, 0.6) is 0 Å². The van der Waals surface area contributed by atoms with Crippen molar-refractivity contribution in [2.24, 2.45) is 0 Å². The molecule has 0 saturated heterocycles. The molecule has 6 heteroatoms. The first-order valence-electron chi connectivity index (χ1n) is 3.67. The van der Waals surface area contributed by atoms with E-state index < -0.39 is 16.9 Å². The molecule has 1 atom stereocenters. The van der Waals surface area contributed by atoms with Crippen LogP contribution in [0.2, 0.25) is 0 Å². The van der Waals surface area contributed by atoms with Gasteiger partial charge in [0.1, 0.15) is 0 Å². The Balaban J connectivity index is 4.42. The molecular weight excluding hydrogens is 217 g/mol. The second-order valence-corrected chi connectivity index (χ2v) is 3.25. The Labute approximate surface area is 86.5 Å². The van der Waals surface area contributed by atoms with Crippen LogP contribution in [0, 0.1) is 0 Å². The molecule has 0 aliphatic heterocycles. The highest BCUT2D eigenvalue weighted by Gasteiger charge is 2.37. The third-order valence-electron chi connectivity index (χ3n) is 1.16. The molecular formula is C7H11Cl2NO3. The molecule has 0 radical (unpaired) electrons. The molecule has 1 amide bonds. The molecule has 0 aromatic carbocycles. The minimum atomic E-state index is -1.65. The molecule has 76 valence electrons. The van der Waals surface area contributed by atoms with Gasteiger partial charge in [-0.05, 0) is 6.92 Å². The maximum atomic E-state index is 11.2. The molecule has 0 rings (SSSR count). The molecule has 0 fully saturated rings. The monoisotopic (exact) mass is 227 g/mol. The SMILES string of the molecule is CCOC(=O)C(Cl)(CCl)NC(C)=O. The van der Waals surface area contributed by atoms with E-state index in [1.165, 1.54) is 6.92 Å². The molecule has 0 aromatic heterocycles. The first-order valence-corrected chi connectivity index (χ1v) is 4.58. The summed E-state index contributed by atoms with van der Waals surface area (Å²) >= 11 is 11.1. The number of halogens is 2. The highest BCUT2D eigenvalue weighted by atomic mass is 35.5. The average molecular weight is 228 g/mol. The van der Waals surface area contributed by atoms with Gasteiger partial charge in [0, 0.05) is 6.92 Å². The fourth-order valence-electron chi connectivity index (χ4n) is 0.664. The fourth-order valence-corrected chi connectivity index (χ4v) is 1.03. The zero-order chi connectivity index (χ0) is 10.5. The third kappa shape index (κ3) is 3.83. The van der Waals surface area contributed by atoms with Gasteiger partial charge in [-0.1, -0.05) is 11.6 Å². The van der Waals surface area contributed by atoms with Crippen LogP contribution < -0.4 is 5.32 Å². The second kappa shape index (κ2) is 5.29. The molecule has 4 nitrogen and oxygen atoms in total. The standard InChI is InChI=1S/C7H11Cl2NO3/c1-3-13-6(12)7(9,4-8)10-5(2)11/h3-4H2,1-2H3,(H,10,11). The number of ether oxygens (including phenoxy) is 1. The summed E-state index contributed by atoms with van der Waals surface area (Å²) in [6, 6.07) is 0. The first kappa shape index (κ1) is 12.5. The molecule has 0 spiro atoms. The van der Waals surface area contributed by atoms with Gasteiger partial charge in [-0.25, -0.2) is 4.79 Å². The van der Waals surface area contributed by atoms with Crippen LogP contribution in [-0.4, -0.2) is 29.4 Å². The Morgan fingerprint density at radius 2 is 2.08 bits per heavy atom. The van der Waals surface area contributed by atoms with Crippen LogP contribution in [0.4, 0.5) is 0 Å². The lowest BCUT2D eigenvalue weighted by Gasteiger charge is -2.22. The summed E-state index contributed by atoms with van der Waals surface area (Å²) < 4.78 is 4.63. The Kier molecular flexibility index (Phi) is 5.10. The van der Waals surface area contributed by atoms with Gasteiger partial charge >= 0.3 is 5.97 Å². The summed E-state index contributed by atoms with van der Waals surface area (Å²) in [6.07, 6.45) is 0. The van der Waals surface area contributed by atoms with Crippen molar-refractivity contribution in [2.75, 3.05) is 12.5 Å². The van der Waals surface area contributed by atoms with Crippen LogP contribution in [-0.2, 0) is 14.3 Å². The maximum Gasteiger partial charge on any atom is 0.348 e. The topological polar surface area (TPSA) is 55.4 Å². The fraction of sp³-hybridized carbons (Fsp3) is 0.714. The Morgan fingerprint density at radius 1 is 1.54 bits per heavy atom. The summed E-state index contributed by atoms with van der Waals surface area (Å²) in [5.41, 5.74) is 0. The molecule has 1 unspecified atom stereocenters. The van der Waals surface area contributed by atoms with Crippen molar-refractivity contribution in [3.8, 4) is 0 Å². The summed E-state index contributed by atoms with van der Waals surface area (Å²) in [5, 5.41) is 2.21. The lowest BCUT2D eigenvalue weighted by Crippen LogP contribution is -2.51. The van der Waals surface area contributed by atoms with Gasteiger partial charge in [0.05, 0.1) is 12.5 Å². The van der Waals surface area contributed by atoms with Crippen molar-refractivity contribution in [1.29, 1.82) is 0 Å². The number of amides is 1. The highest BCUT2D eigenvalue weighted by Crippen LogP contribution is 2.15. The van der Waals surface area contributed by atoms with E-state index in [4.69, 9.17) is 23.2 Å². The Morgan fingerprint density at radius 3 is 2.38 bits per heavy atom. The minimum absolute atomic E-state index is 0.184. The number of carbonyl (C=O) groups excluding carboxylic acids is 2. The van der Waals surface area contributed by atoms with Crippen LogP contribution >= 0.6 is 23.2 Å². The van der Waals surface area contributed by atoms with Crippen LogP contribution in [0.25, 0.3) is 0 Å². The smallest absolute Gasteiger partial charge is 0.348 e. The number of esters is 1. The van der Waals surface area contributed by atoms with E-state index in [2.05, 4.69) is 10.1 Å². The molecule has 0 aliphatic rings. The largest absolute Gasteiger partial charge is 0.463 e. The van der Waals surface area contributed by atoms with Crippen molar-refractivity contribution in [3.63, 3.8) is 0 Å². The third-order valence-corrected chi connectivity index (χ3v) is 2.08. The van der Waals surface area contributed by atoms with Crippen molar-refractivity contribution >= 4 is 35.1 Å². The minimum Gasteiger partial charge on any atom is -0.463 e. The molecule has 0 aliphatic carbocycles. The van der Waals surface area contributed by atoms with Crippen molar-refractivity contribution < 1.29 is 14.3 Å². The zero-order valence-electron chi connectivity index (χ0n) is 7.39. The molecule has 1 N–H and O–H groups in total. The van der Waals surface area contributed by atoms with Gasteiger partial charge in [-0.3, -0.25) is 4.79 Å². The van der Waals surface area contributed by atoms with E-state index in [1.807, 2.05) is 0 Å². The van der Waals surface area contributed by atoms with E-state index in [9.17, 15) is 9.59 Å². The van der Waals surface area contributed by atoms with Gasteiger partial charge < -0.3 is 10.1 Å². The van der Waals surface area contributed by atoms with Gasteiger partial charge in [-0.2, -0.15) is 0 Å². The quantitative estimate of drug-likeness (QED) is 0.441. The number of nitrogens with one attached hydrogen (secondary N) is 1. The number of carbonyl (C=O) groups is 2. The zero-order valence-corrected chi connectivity index (χ0v) is 8.91. The van der Waals surface area contributed by atoms with Crippen LogP contribution in [0.1, 0.15) is 13.8 Å². The summed E-state index contributed by atoms with van der Waals surface area (Å²) in [4.78, 5) is 20.2. The molecule has 0 heterocycles. The van der Waals surface area contributed by atoms with Gasteiger partial charge in [0.25, 0.3) is 0 Å². The highest BCUT2D eigenvalue weighted by molar-refractivity contribution is 6.39. The van der Waals surface area contributed by atoms with E-state index in [0.717, 1.165) is 0 Å². The van der Waals surface area contributed by atoms with E-state index in [-0.39, 0.29) is 12.5 Å². The van der Waals surface area contributed by atoms with Gasteiger partial charge in [0.2, 0.25) is 10.9 Å². The second-order valence-electron chi connectivity index (χ2n) is 2.34. The predicted molar refractivity (Wildman–Crippen MR) is 49.8 cm³/mol. The van der Waals surface area contributed by atoms with E-state index in [1.54, 1.807) is 6.92 Å². The average Bonchev–Trinajstić information content (AvgIpc) is 2.03. The lowest BCUT2D eigenvalue weighted by molar-refractivity contribution is -0.148. The number of rotatable bonds is 4. The van der Waals surface area contributed by atoms with Gasteiger partial charge in [-0.15, -0.1) is 11.6 Å². The number of alkyl halides is 2. The van der Waals surface area contributed by atoms with Gasteiger partial charge in [0.15, 0.2) is 0 Å². The number of hydrogen-bond donors (Lipinski definition) is 1. The molecule has 0 bridgehead atoms. The van der Waals surface area contributed by atoms with E-state index >= 15 is 0 Å². The molecule has 0 aromatic rings. The Hall–Kier alpha value is -0.480. The maximum absolute atomic E-state index is 11.2. The van der Waals surface area contributed by atoms with E-state index in [0.29, 0.717) is 0 Å². The predicted octanol–water partition coefficient (Wildman–Crippen LogP) is 0.859. The summed E-state index contributed by atoms with van der Waals surface area (Å²) in [7, 11) is 0. The summed E-state index contributed by atoms with van der Waals surface area (Å²) in [6.45, 7) is 3.06. The van der Waals surface area contributed by atoms with Crippen LogP contribution in [0.15, 0.2) is 0 Å². The Bertz CT molecular complexity index is 210. The molecule has 0 saturated carbocycles. The number of hydrogen-bond acceptors (Lipinski definition) is 3. The summed E-state index contributed by atoms with van der Waals surface area (Å²) in [5.74, 6) is -1.43. The van der Waals surface area contributed by atoms with Crippen molar-refractivity contribution in [2.45, 2.75) is 18.8 Å². The molecule has 13 heavy (non-hydrogen) atoms. The van der Waals surface area contributed by atoms with Crippen molar-refractivity contribution in [1.82, 2.24) is 5.32 Å². The van der Waals surface area contributed by atoms with Crippen molar-refractivity contribution in [3.05, 3.63) is 0 Å². The van der Waals surface area contributed by atoms with Crippen LogP contribution in [0.3, 0.4) is 0 Å². The lowest BCUT2D eigenvalue weighted by atomic mass is 10.3.